The summed E-state index contributed by atoms with van der Waals surface area (Å²) in [4.78, 5) is 4.27. The highest BCUT2D eigenvalue weighted by Gasteiger charge is 2.18. The summed E-state index contributed by atoms with van der Waals surface area (Å²) in [6.45, 7) is 2.85. The predicted molar refractivity (Wildman–Crippen MR) is 79.2 cm³/mol. The molecular formula is C10H13Br2N5S. The molecule has 2 aromatic heterocycles. The van der Waals surface area contributed by atoms with Gasteiger partial charge in [-0.25, -0.2) is 4.98 Å². The molecule has 0 aromatic carbocycles. The van der Waals surface area contributed by atoms with E-state index in [4.69, 9.17) is 5.84 Å². The summed E-state index contributed by atoms with van der Waals surface area (Å²) in [6.07, 6.45) is 2.27. The first-order valence-electron chi connectivity index (χ1n) is 5.43. The smallest absolute Gasteiger partial charge is 0.138 e. The number of aromatic nitrogens is 3. The van der Waals surface area contributed by atoms with Gasteiger partial charge in [0.2, 0.25) is 0 Å². The first kappa shape index (κ1) is 14.1. The Balaban J connectivity index is 2.22. The van der Waals surface area contributed by atoms with E-state index in [1.54, 1.807) is 17.7 Å². The van der Waals surface area contributed by atoms with Gasteiger partial charge in [-0.2, -0.15) is 5.10 Å². The summed E-state index contributed by atoms with van der Waals surface area (Å²) in [5.41, 5.74) is 3.96. The van der Waals surface area contributed by atoms with Gasteiger partial charge in [-0.3, -0.25) is 16.0 Å². The quantitative estimate of drug-likeness (QED) is 0.604. The Bertz CT molecular complexity index is 524. The number of rotatable bonds is 5. The molecule has 0 bridgehead atoms. The Labute approximate surface area is 126 Å². The molecule has 1 atom stereocenters. The van der Waals surface area contributed by atoms with Crippen molar-refractivity contribution in [1.82, 2.24) is 20.2 Å². The van der Waals surface area contributed by atoms with Gasteiger partial charge in [-0.15, -0.1) is 11.3 Å². The van der Waals surface area contributed by atoms with Crippen LogP contribution in [0.5, 0.6) is 0 Å². The molecule has 0 aliphatic carbocycles. The third-order valence-electron chi connectivity index (χ3n) is 2.64. The van der Waals surface area contributed by atoms with Crippen LogP contribution in [0.4, 0.5) is 0 Å². The van der Waals surface area contributed by atoms with Crippen LogP contribution >= 0.6 is 43.2 Å². The molecule has 0 radical (unpaired) electrons. The Morgan fingerprint density at radius 2 is 2.33 bits per heavy atom. The zero-order valence-corrected chi connectivity index (χ0v) is 13.7. The Morgan fingerprint density at radius 3 is 2.89 bits per heavy atom. The summed E-state index contributed by atoms with van der Waals surface area (Å²) in [7, 11) is 0. The zero-order chi connectivity index (χ0) is 13.1. The van der Waals surface area contributed by atoms with Crippen LogP contribution in [0.2, 0.25) is 0 Å². The van der Waals surface area contributed by atoms with Crippen LogP contribution in [0.1, 0.15) is 24.4 Å². The molecule has 0 amide bonds. The van der Waals surface area contributed by atoms with Gasteiger partial charge in [-0.05, 0) is 50.4 Å². The Morgan fingerprint density at radius 1 is 1.56 bits per heavy atom. The number of aryl methyl sites for hydroxylation is 1. The first-order chi connectivity index (χ1) is 8.65. The van der Waals surface area contributed by atoms with Crippen molar-refractivity contribution in [2.75, 3.05) is 0 Å². The number of nitrogens with one attached hydrogen (secondary N) is 1. The molecule has 18 heavy (non-hydrogen) atoms. The lowest BCUT2D eigenvalue weighted by molar-refractivity contribution is 0.510. The molecule has 0 aliphatic heterocycles. The minimum atomic E-state index is 0.0106. The minimum Gasteiger partial charge on any atom is -0.271 e. The van der Waals surface area contributed by atoms with E-state index in [0.29, 0.717) is 6.42 Å². The molecule has 5 nitrogen and oxygen atoms in total. The highest BCUT2D eigenvalue weighted by molar-refractivity contribution is 9.12. The second kappa shape index (κ2) is 6.25. The number of nitrogens with two attached hydrogens (primary N) is 1. The fraction of sp³-hybridized carbons (Fsp3) is 0.400. The molecule has 0 fully saturated rings. The van der Waals surface area contributed by atoms with E-state index in [1.165, 1.54) is 0 Å². The van der Waals surface area contributed by atoms with Crippen molar-refractivity contribution < 1.29 is 0 Å². The van der Waals surface area contributed by atoms with E-state index in [2.05, 4.69) is 53.4 Å². The molecule has 0 spiro atoms. The van der Waals surface area contributed by atoms with Crippen LogP contribution in [0.3, 0.4) is 0 Å². The van der Waals surface area contributed by atoms with Crippen molar-refractivity contribution in [1.29, 1.82) is 0 Å². The second-order valence-corrected chi connectivity index (χ2v) is 7.44. The molecular weight excluding hydrogens is 382 g/mol. The van der Waals surface area contributed by atoms with E-state index >= 15 is 0 Å². The number of hydrogen-bond acceptors (Lipinski definition) is 5. The largest absolute Gasteiger partial charge is 0.271 e. The minimum absolute atomic E-state index is 0.0106. The van der Waals surface area contributed by atoms with E-state index in [1.807, 2.05) is 11.6 Å². The summed E-state index contributed by atoms with van der Waals surface area (Å²) >= 11 is 8.65. The lowest BCUT2D eigenvalue weighted by Crippen LogP contribution is -2.30. The third kappa shape index (κ3) is 3.00. The van der Waals surface area contributed by atoms with Gasteiger partial charge in [-0.1, -0.05) is 0 Å². The second-order valence-electron chi connectivity index (χ2n) is 3.69. The van der Waals surface area contributed by atoms with Gasteiger partial charge >= 0.3 is 0 Å². The lowest BCUT2D eigenvalue weighted by atomic mass is 10.1. The highest BCUT2D eigenvalue weighted by atomic mass is 79.9. The molecule has 2 heterocycles. The molecule has 3 N–H and O–H groups in total. The normalized spacial score (nSPS) is 12.9. The molecule has 0 saturated heterocycles. The van der Waals surface area contributed by atoms with Gasteiger partial charge in [0.1, 0.15) is 12.2 Å². The molecule has 0 saturated carbocycles. The summed E-state index contributed by atoms with van der Waals surface area (Å²) in [5.74, 6) is 6.58. The van der Waals surface area contributed by atoms with Gasteiger partial charge in [0.05, 0.1) is 13.6 Å². The van der Waals surface area contributed by atoms with Crippen molar-refractivity contribution in [2.24, 2.45) is 5.84 Å². The number of hydrogen-bond donors (Lipinski definition) is 2. The number of thiophene rings is 1. The highest BCUT2D eigenvalue weighted by Crippen LogP contribution is 2.36. The maximum Gasteiger partial charge on any atom is 0.138 e. The van der Waals surface area contributed by atoms with Crippen LogP contribution in [0, 0.1) is 0 Å². The first-order valence-corrected chi connectivity index (χ1v) is 7.83. The van der Waals surface area contributed by atoms with Crippen molar-refractivity contribution in [3.63, 3.8) is 0 Å². The van der Waals surface area contributed by atoms with Crippen LogP contribution < -0.4 is 11.3 Å². The van der Waals surface area contributed by atoms with Crippen molar-refractivity contribution in [3.8, 4) is 0 Å². The fourth-order valence-corrected chi connectivity index (χ4v) is 4.72. The third-order valence-corrected chi connectivity index (χ3v) is 5.03. The molecule has 2 aromatic rings. The summed E-state index contributed by atoms with van der Waals surface area (Å²) in [6, 6.07) is 2.07. The topological polar surface area (TPSA) is 68.8 Å². The predicted octanol–water partition coefficient (Wildman–Crippen LogP) is 2.63. The number of nitrogens with zero attached hydrogens (tertiary/aromatic N) is 3. The zero-order valence-electron chi connectivity index (χ0n) is 9.73. The van der Waals surface area contributed by atoms with Crippen LogP contribution in [-0.4, -0.2) is 14.8 Å². The van der Waals surface area contributed by atoms with Crippen molar-refractivity contribution >= 4 is 43.2 Å². The maximum absolute atomic E-state index is 5.65. The van der Waals surface area contributed by atoms with E-state index in [9.17, 15) is 0 Å². The molecule has 1 unspecified atom stereocenters. The maximum atomic E-state index is 5.65. The monoisotopic (exact) mass is 393 g/mol. The van der Waals surface area contributed by atoms with E-state index < -0.39 is 0 Å². The lowest BCUT2D eigenvalue weighted by Gasteiger charge is -2.15. The number of hydrazine groups is 1. The van der Waals surface area contributed by atoms with E-state index in [0.717, 1.165) is 25.5 Å². The molecule has 2 rings (SSSR count). The van der Waals surface area contributed by atoms with Gasteiger partial charge in [0.25, 0.3) is 0 Å². The molecule has 0 aliphatic rings. The van der Waals surface area contributed by atoms with Crippen LogP contribution in [-0.2, 0) is 13.0 Å². The Hall–Kier alpha value is -0.280. The van der Waals surface area contributed by atoms with Gasteiger partial charge in [0, 0.05) is 13.0 Å². The summed E-state index contributed by atoms with van der Waals surface area (Å²) in [5, 5.41) is 4.16. The van der Waals surface area contributed by atoms with Gasteiger partial charge in [0.15, 0.2) is 0 Å². The average Bonchev–Trinajstić information content (AvgIpc) is 2.92. The molecule has 98 valence electrons. The van der Waals surface area contributed by atoms with Gasteiger partial charge < -0.3 is 0 Å². The number of halogens is 2. The summed E-state index contributed by atoms with van der Waals surface area (Å²) < 4.78 is 4.01. The van der Waals surface area contributed by atoms with Crippen molar-refractivity contribution in [2.45, 2.75) is 25.9 Å². The van der Waals surface area contributed by atoms with Crippen molar-refractivity contribution in [3.05, 3.63) is 31.4 Å². The fourth-order valence-electron chi connectivity index (χ4n) is 1.74. The molecule has 8 heteroatoms. The van der Waals surface area contributed by atoms with E-state index in [-0.39, 0.29) is 6.04 Å². The van der Waals surface area contributed by atoms with Crippen LogP contribution in [0.25, 0.3) is 0 Å². The van der Waals surface area contributed by atoms with Crippen LogP contribution in [0.15, 0.2) is 20.0 Å². The standard InChI is InChI=1S/C10H13Br2N5S/c1-2-17-9(14-5-15-17)4-7(16-13)6-3-8(11)18-10(6)12/h3,5,7,16H,2,4,13H2,1H3. The SMILES string of the molecule is CCn1ncnc1CC(NN)c1cc(Br)sc1Br. The average molecular weight is 395 g/mol. The Kier molecular flexibility index (Phi) is 4.91.